The average molecular weight is 1020 g/mol. The van der Waals surface area contributed by atoms with E-state index in [2.05, 4.69) is 318 Å². The maximum Gasteiger partial charge on any atom is 0.0542 e. The van der Waals surface area contributed by atoms with Crippen molar-refractivity contribution in [3.63, 3.8) is 0 Å². The Hall–Kier alpha value is -9.90. The van der Waals surface area contributed by atoms with E-state index in [1.165, 1.54) is 71.9 Å². The van der Waals surface area contributed by atoms with Crippen molar-refractivity contribution in [1.29, 1.82) is 0 Å². The van der Waals surface area contributed by atoms with Crippen LogP contribution in [0.15, 0.2) is 286 Å². The van der Waals surface area contributed by atoms with Gasteiger partial charge in [0.15, 0.2) is 0 Å². The van der Waals surface area contributed by atoms with Crippen molar-refractivity contribution in [3.8, 4) is 39.1 Å². The summed E-state index contributed by atoms with van der Waals surface area (Å²) in [7, 11) is 0. The van der Waals surface area contributed by atoms with Crippen LogP contribution in [0, 0.1) is 0 Å². The molecule has 4 heteroatoms. The van der Waals surface area contributed by atoms with Gasteiger partial charge < -0.3 is 18.9 Å². The summed E-state index contributed by atoms with van der Waals surface area (Å²) in [5.74, 6) is 0.384. The Morgan fingerprint density at radius 1 is 0.468 bits per heavy atom. The van der Waals surface area contributed by atoms with Crippen molar-refractivity contribution < 1.29 is 0 Å². The normalized spacial score (nSPS) is 13.3. The zero-order valence-electron chi connectivity index (χ0n) is 44.6. The van der Waals surface area contributed by atoms with Crippen LogP contribution in [0.2, 0.25) is 0 Å². The largest absolute Gasteiger partial charge is 0.317 e. The van der Waals surface area contributed by atoms with Gasteiger partial charge in [0, 0.05) is 78.8 Å². The maximum atomic E-state index is 3.90. The van der Waals surface area contributed by atoms with Crippen molar-refractivity contribution in [2.45, 2.75) is 32.6 Å². The van der Waals surface area contributed by atoms with E-state index in [-0.39, 0.29) is 0 Å². The number of hydrogen-bond donors (Lipinski definition) is 0. The van der Waals surface area contributed by atoms with Crippen LogP contribution in [0.4, 0.5) is 34.1 Å². The van der Waals surface area contributed by atoms with Crippen LogP contribution in [-0.2, 0) is 0 Å². The van der Waals surface area contributed by atoms with Gasteiger partial charge in [0.1, 0.15) is 0 Å². The van der Waals surface area contributed by atoms with Gasteiger partial charge in [0.05, 0.1) is 16.6 Å². The second-order valence-electron chi connectivity index (χ2n) is 20.6. The molecule has 2 heterocycles. The number of benzene rings is 10. The highest BCUT2D eigenvalue weighted by Crippen LogP contribution is 2.45. The number of anilines is 6. The first-order chi connectivity index (χ1) is 39.0. The molecule has 0 spiro atoms. The van der Waals surface area contributed by atoms with E-state index in [1.54, 1.807) is 0 Å². The van der Waals surface area contributed by atoms with Crippen LogP contribution in [-0.4, -0.2) is 9.13 Å². The molecule has 0 fully saturated rings. The van der Waals surface area contributed by atoms with Crippen molar-refractivity contribution in [2.24, 2.45) is 0 Å². The fraction of sp³-hybridized carbons (Fsp3) is 0.0667. The second-order valence-corrected chi connectivity index (χ2v) is 20.6. The monoisotopic (exact) mass is 1020 g/mol. The van der Waals surface area contributed by atoms with Crippen LogP contribution < -0.4 is 9.80 Å². The highest BCUT2D eigenvalue weighted by atomic mass is 15.1. The topological polar surface area (TPSA) is 16.3 Å². The summed E-state index contributed by atoms with van der Waals surface area (Å²) in [6, 6.07) is 90.7. The first kappa shape index (κ1) is 48.7. The first-order valence-electron chi connectivity index (χ1n) is 27.5. The molecule has 0 amide bonds. The lowest BCUT2D eigenvalue weighted by molar-refractivity contribution is 0.726. The van der Waals surface area contributed by atoms with Gasteiger partial charge in [-0.1, -0.05) is 183 Å². The molecule has 4 nitrogen and oxygen atoms in total. The Morgan fingerprint density at radius 3 is 1.54 bits per heavy atom. The average Bonchev–Trinajstić information content (AvgIpc) is 4.22. The molecule has 0 bridgehead atoms. The van der Waals surface area contributed by atoms with Gasteiger partial charge in [-0.3, -0.25) is 0 Å². The quantitative estimate of drug-likeness (QED) is 0.0797. The van der Waals surface area contributed by atoms with Gasteiger partial charge in [0.2, 0.25) is 0 Å². The van der Waals surface area contributed by atoms with Gasteiger partial charge in [-0.05, 0) is 162 Å². The number of rotatable bonds is 14. The highest BCUT2D eigenvalue weighted by Gasteiger charge is 2.25. The Bertz CT molecular complexity index is 4270. The number of fused-ring (bicyclic) bond motifs is 6. The second kappa shape index (κ2) is 21.3. The van der Waals surface area contributed by atoms with E-state index in [9.17, 15) is 0 Å². The molecule has 2 aromatic heterocycles. The highest BCUT2D eigenvalue weighted by molar-refractivity contribution is 6.11. The molecular weight excluding hydrogens is 957 g/mol. The standard InChI is InChI=1S/C75H60N4/c1-4-5-6-10-23-54(3)76-73-47-45-67(52-71(73)69-35-19-22-53(2)75(69)76)78(65-33-21-29-60(50-65)56-26-13-8-14-27-56)63-43-39-58(40-44-63)57-37-41-62(42-38-57)77(64-32-20-28-59(49-64)55-24-11-7-12-25-55)66-46-48-74-70(51-66)68-34-17-18-36-72(68)79(74)61-30-15-9-16-31-61/h4,6-21,23-53H,1,5,22H2,2-3H3/b10-6-,54-23+. The number of hydrogen-bond acceptors (Lipinski definition) is 2. The van der Waals surface area contributed by atoms with E-state index < -0.39 is 0 Å². The molecule has 79 heavy (non-hydrogen) atoms. The summed E-state index contributed by atoms with van der Waals surface area (Å²) in [5.41, 5.74) is 22.1. The molecule has 0 radical (unpaired) electrons. The smallest absolute Gasteiger partial charge is 0.0542 e. The zero-order chi connectivity index (χ0) is 53.2. The summed E-state index contributed by atoms with van der Waals surface area (Å²) < 4.78 is 4.86. The minimum Gasteiger partial charge on any atom is -0.317 e. The molecule has 0 N–H and O–H groups in total. The third-order valence-corrected chi connectivity index (χ3v) is 15.6. The fourth-order valence-electron chi connectivity index (χ4n) is 11.8. The Balaban J connectivity index is 0.893. The summed E-state index contributed by atoms with van der Waals surface area (Å²) >= 11 is 0. The lowest BCUT2D eigenvalue weighted by Gasteiger charge is -2.27. The molecule has 1 unspecified atom stereocenters. The summed E-state index contributed by atoms with van der Waals surface area (Å²) in [4.78, 5) is 4.81. The van der Waals surface area contributed by atoms with Crippen molar-refractivity contribution in [3.05, 3.63) is 297 Å². The van der Waals surface area contributed by atoms with Crippen molar-refractivity contribution in [1.82, 2.24) is 9.13 Å². The number of nitrogens with zero attached hydrogens (tertiary/aromatic N) is 4. The van der Waals surface area contributed by atoms with Gasteiger partial charge in [-0.25, -0.2) is 0 Å². The van der Waals surface area contributed by atoms with E-state index >= 15 is 0 Å². The summed E-state index contributed by atoms with van der Waals surface area (Å²) in [5, 5.41) is 3.68. The van der Waals surface area contributed by atoms with Crippen molar-refractivity contribution >= 4 is 78.6 Å². The number of aromatic nitrogens is 2. The van der Waals surface area contributed by atoms with Crippen LogP contribution in [0.25, 0.3) is 83.5 Å². The minimum absolute atomic E-state index is 0.384. The molecule has 13 rings (SSSR count). The molecule has 12 aromatic rings. The zero-order valence-corrected chi connectivity index (χ0v) is 44.6. The summed E-state index contributed by atoms with van der Waals surface area (Å²) in [6.45, 7) is 8.48. The fourth-order valence-corrected chi connectivity index (χ4v) is 11.8. The molecule has 10 aromatic carbocycles. The predicted octanol–water partition coefficient (Wildman–Crippen LogP) is 21.2. The molecule has 1 aliphatic rings. The molecule has 1 atom stereocenters. The number of para-hydroxylation sites is 2. The van der Waals surface area contributed by atoms with Gasteiger partial charge in [-0.2, -0.15) is 0 Å². The third-order valence-electron chi connectivity index (χ3n) is 15.6. The predicted molar refractivity (Wildman–Crippen MR) is 338 cm³/mol. The molecule has 1 aliphatic carbocycles. The van der Waals surface area contributed by atoms with E-state index in [1.807, 2.05) is 6.08 Å². The number of allylic oxidation sites excluding steroid dienone is 6. The molecule has 0 aliphatic heterocycles. The SMILES string of the molecule is C=CC/C=C\C=C(/C)n1c2c(c3cc(N(c4ccc(-c5ccc(N(c6cccc(-c7ccccc7)c6)c6ccc7c(c6)c6ccccc6n7-c6ccccc6)cc5)cc4)c4cccc(-c5ccccc5)c4)ccc31)C=CCC2C. The molecule has 0 saturated carbocycles. The van der Waals surface area contributed by atoms with Gasteiger partial charge in [-0.15, -0.1) is 6.58 Å². The van der Waals surface area contributed by atoms with E-state index in [4.69, 9.17) is 0 Å². The lowest BCUT2D eigenvalue weighted by atomic mass is 9.93. The van der Waals surface area contributed by atoms with Crippen LogP contribution >= 0.6 is 0 Å². The van der Waals surface area contributed by atoms with Crippen LogP contribution in [0.1, 0.15) is 43.9 Å². The summed E-state index contributed by atoms with van der Waals surface area (Å²) in [6.07, 6.45) is 15.0. The minimum atomic E-state index is 0.384. The Kier molecular flexibility index (Phi) is 13.1. The molecular formula is C75H60N4. The maximum absolute atomic E-state index is 3.90. The van der Waals surface area contributed by atoms with Gasteiger partial charge in [0.25, 0.3) is 0 Å². The Morgan fingerprint density at radius 2 is 0.949 bits per heavy atom. The van der Waals surface area contributed by atoms with Gasteiger partial charge >= 0.3 is 0 Å². The van der Waals surface area contributed by atoms with E-state index in [0.29, 0.717) is 5.92 Å². The molecule has 0 saturated heterocycles. The van der Waals surface area contributed by atoms with Crippen molar-refractivity contribution in [2.75, 3.05) is 9.80 Å². The van der Waals surface area contributed by atoms with Crippen LogP contribution in [0.3, 0.4) is 0 Å². The third kappa shape index (κ3) is 9.28. The van der Waals surface area contributed by atoms with Crippen LogP contribution in [0.5, 0.6) is 0 Å². The lowest BCUT2D eigenvalue weighted by Crippen LogP contribution is -2.10. The molecule has 380 valence electrons. The Labute approximate surface area is 463 Å². The first-order valence-corrected chi connectivity index (χ1v) is 27.5. The van der Waals surface area contributed by atoms with E-state index in [0.717, 1.165) is 63.8 Å².